The summed E-state index contributed by atoms with van der Waals surface area (Å²) in [5.41, 5.74) is 4.33. The highest BCUT2D eigenvalue weighted by molar-refractivity contribution is 5.79. The highest BCUT2D eigenvalue weighted by atomic mass is 16.2. The number of hydrogen-bond donors (Lipinski definition) is 2. The summed E-state index contributed by atoms with van der Waals surface area (Å²) >= 11 is 0. The lowest BCUT2D eigenvalue weighted by Crippen LogP contribution is -2.51. The van der Waals surface area contributed by atoms with Gasteiger partial charge in [0.05, 0.1) is 25.3 Å². The first-order chi connectivity index (χ1) is 15.5. The van der Waals surface area contributed by atoms with Gasteiger partial charge in [0.15, 0.2) is 0 Å². The van der Waals surface area contributed by atoms with Gasteiger partial charge in [-0.1, -0.05) is 30.3 Å². The van der Waals surface area contributed by atoms with Crippen LogP contribution in [0.15, 0.2) is 30.3 Å². The van der Waals surface area contributed by atoms with Crippen LogP contribution in [0.4, 0.5) is 0 Å². The Morgan fingerprint density at radius 3 is 2.22 bits per heavy atom. The van der Waals surface area contributed by atoms with Crippen LogP contribution in [0, 0.1) is 13.8 Å². The molecule has 2 aliphatic rings. The summed E-state index contributed by atoms with van der Waals surface area (Å²) in [6.45, 7) is 9.36. The Morgan fingerprint density at radius 2 is 1.59 bits per heavy atom. The minimum atomic E-state index is 0.0273. The van der Waals surface area contributed by atoms with E-state index < -0.39 is 0 Å². The molecule has 0 unspecified atom stereocenters. The van der Waals surface area contributed by atoms with Gasteiger partial charge < -0.3 is 10.6 Å². The number of aromatic nitrogens is 2. The lowest BCUT2D eigenvalue weighted by Gasteiger charge is -2.33. The Balaban J connectivity index is 1.20. The van der Waals surface area contributed by atoms with Crippen LogP contribution in [0.25, 0.3) is 0 Å². The molecule has 1 saturated carbocycles. The van der Waals surface area contributed by atoms with E-state index in [-0.39, 0.29) is 11.8 Å². The number of hydrogen-bond acceptors (Lipinski definition) is 5. The molecule has 2 aromatic rings. The second kappa shape index (κ2) is 10.3. The first-order valence-electron chi connectivity index (χ1n) is 11.6. The molecule has 2 amide bonds. The third-order valence-electron chi connectivity index (χ3n) is 6.31. The van der Waals surface area contributed by atoms with Crippen LogP contribution in [-0.4, -0.2) is 76.7 Å². The Hall–Kier alpha value is -2.71. The van der Waals surface area contributed by atoms with Crippen molar-refractivity contribution in [2.75, 3.05) is 39.3 Å². The van der Waals surface area contributed by atoms with Crippen LogP contribution in [0.2, 0.25) is 0 Å². The molecule has 1 saturated heterocycles. The van der Waals surface area contributed by atoms with E-state index in [1.807, 2.05) is 29.8 Å². The Kier molecular flexibility index (Phi) is 7.22. The summed E-state index contributed by atoms with van der Waals surface area (Å²) in [6, 6.07) is 10.7. The predicted octanol–water partition coefficient (Wildman–Crippen LogP) is 1.06. The lowest BCUT2D eigenvalue weighted by atomic mass is 10.2. The van der Waals surface area contributed by atoms with Gasteiger partial charge in [-0.05, 0) is 32.3 Å². The standard InChI is InChI=1S/C24H34N6O2/c1-18-22(19(2)30(27-18)15-20-6-4-3-5-7-20)14-25-23(31)16-28-10-12-29(13-11-28)17-24(32)26-21-8-9-21/h3-7,21H,8-17H2,1-2H3,(H,25,31)(H,26,32). The van der Waals surface area contributed by atoms with Gasteiger partial charge >= 0.3 is 0 Å². The van der Waals surface area contributed by atoms with E-state index in [0.29, 0.717) is 25.7 Å². The van der Waals surface area contributed by atoms with Crippen molar-refractivity contribution in [3.63, 3.8) is 0 Å². The molecule has 1 aliphatic carbocycles. The fourth-order valence-electron chi connectivity index (χ4n) is 4.16. The molecule has 172 valence electrons. The van der Waals surface area contributed by atoms with Crippen LogP contribution in [-0.2, 0) is 22.7 Å². The largest absolute Gasteiger partial charge is 0.352 e. The van der Waals surface area contributed by atoms with E-state index in [2.05, 4.69) is 44.6 Å². The smallest absolute Gasteiger partial charge is 0.234 e. The summed E-state index contributed by atoms with van der Waals surface area (Å²) in [5, 5.41) is 10.8. The predicted molar refractivity (Wildman–Crippen MR) is 123 cm³/mol. The number of benzene rings is 1. The number of carbonyl (C=O) groups excluding carboxylic acids is 2. The maximum Gasteiger partial charge on any atom is 0.234 e. The summed E-state index contributed by atoms with van der Waals surface area (Å²) in [7, 11) is 0. The van der Waals surface area contributed by atoms with E-state index in [1.54, 1.807) is 0 Å². The summed E-state index contributed by atoms with van der Waals surface area (Å²) in [5.74, 6) is 0.150. The van der Waals surface area contributed by atoms with Crippen molar-refractivity contribution in [3.05, 3.63) is 52.8 Å². The molecule has 2 heterocycles. The van der Waals surface area contributed by atoms with Crippen molar-refractivity contribution < 1.29 is 9.59 Å². The third kappa shape index (κ3) is 6.17. The molecular formula is C24H34N6O2. The number of nitrogens with one attached hydrogen (secondary N) is 2. The van der Waals surface area contributed by atoms with Gasteiger partial charge in [0.1, 0.15) is 0 Å². The second-order valence-electron chi connectivity index (χ2n) is 8.96. The van der Waals surface area contributed by atoms with E-state index in [0.717, 1.165) is 62.5 Å². The molecule has 1 aromatic heterocycles. The molecule has 1 aliphatic heterocycles. The molecule has 0 bridgehead atoms. The molecule has 8 nitrogen and oxygen atoms in total. The molecule has 0 radical (unpaired) electrons. The van der Waals surface area contributed by atoms with E-state index in [4.69, 9.17) is 0 Å². The van der Waals surface area contributed by atoms with Crippen molar-refractivity contribution in [1.29, 1.82) is 0 Å². The number of nitrogens with zero attached hydrogens (tertiary/aromatic N) is 4. The highest BCUT2D eigenvalue weighted by Gasteiger charge is 2.25. The quantitative estimate of drug-likeness (QED) is 0.612. The Morgan fingerprint density at radius 1 is 0.969 bits per heavy atom. The van der Waals surface area contributed by atoms with Gasteiger partial charge in [-0.2, -0.15) is 5.10 Å². The summed E-state index contributed by atoms with van der Waals surface area (Å²) in [4.78, 5) is 28.8. The Labute approximate surface area is 190 Å². The number of piperazine rings is 1. The second-order valence-corrected chi connectivity index (χ2v) is 8.96. The molecule has 2 N–H and O–H groups in total. The molecule has 0 atom stereocenters. The molecular weight excluding hydrogens is 404 g/mol. The monoisotopic (exact) mass is 438 g/mol. The van der Waals surface area contributed by atoms with Gasteiger partial charge in [0.2, 0.25) is 11.8 Å². The topological polar surface area (TPSA) is 82.5 Å². The van der Waals surface area contributed by atoms with E-state index >= 15 is 0 Å². The fraction of sp³-hybridized carbons (Fsp3) is 0.542. The maximum atomic E-state index is 12.5. The highest BCUT2D eigenvalue weighted by Crippen LogP contribution is 2.18. The summed E-state index contributed by atoms with van der Waals surface area (Å²) < 4.78 is 2.00. The van der Waals surface area contributed by atoms with Crippen molar-refractivity contribution in [1.82, 2.24) is 30.2 Å². The minimum absolute atomic E-state index is 0.0273. The number of carbonyl (C=O) groups is 2. The fourth-order valence-corrected chi connectivity index (χ4v) is 4.16. The molecule has 0 spiro atoms. The van der Waals surface area contributed by atoms with Gasteiger partial charge in [0, 0.05) is 50.0 Å². The van der Waals surface area contributed by atoms with Crippen LogP contribution in [0.3, 0.4) is 0 Å². The Bertz CT molecular complexity index is 929. The number of aryl methyl sites for hydroxylation is 1. The van der Waals surface area contributed by atoms with Gasteiger partial charge in [-0.15, -0.1) is 0 Å². The molecule has 8 heteroatoms. The van der Waals surface area contributed by atoms with E-state index in [9.17, 15) is 9.59 Å². The van der Waals surface area contributed by atoms with Crippen LogP contribution in [0.5, 0.6) is 0 Å². The first kappa shape index (κ1) is 22.5. The zero-order valence-corrected chi connectivity index (χ0v) is 19.1. The summed E-state index contributed by atoms with van der Waals surface area (Å²) in [6.07, 6.45) is 2.23. The first-order valence-corrected chi connectivity index (χ1v) is 11.6. The van der Waals surface area contributed by atoms with Crippen molar-refractivity contribution in [2.24, 2.45) is 0 Å². The van der Waals surface area contributed by atoms with Gasteiger partial charge in [-0.3, -0.25) is 24.1 Å². The lowest BCUT2D eigenvalue weighted by molar-refractivity contribution is -0.125. The number of rotatable bonds is 9. The molecule has 32 heavy (non-hydrogen) atoms. The molecule has 2 fully saturated rings. The van der Waals surface area contributed by atoms with Crippen molar-refractivity contribution in [3.8, 4) is 0 Å². The average Bonchev–Trinajstić information content (AvgIpc) is 3.54. The van der Waals surface area contributed by atoms with Crippen molar-refractivity contribution in [2.45, 2.75) is 45.8 Å². The minimum Gasteiger partial charge on any atom is -0.352 e. The zero-order chi connectivity index (χ0) is 22.5. The number of amides is 2. The van der Waals surface area contributed by atoms with Gasteiger partial charge in [0.25, 0.3) is 0 Å². The SMILES string of the molecule is Cc1nn(Cc2ccccc2)c(C)c1CNC(=O)CN1CCN(CC(=O)NC2CC2)CC1. The van der Waals surface area contributed by atoms with Crippen LogP contribution >= 0.6 is 0 Å². The normalized spacial score (nSPS) is 17.3. The van der Waals surface area contributed by atoms with Crippen LogP contribution < -0.4 is 10.6 Å². The van der Waals surface area contributed by atoms with Crippen LogP contribution in [0.1, 0.15) is 35.4 Å². The molecule has 1 aromatic carbocycles. The molecule has 4 rings (SSSR count). The third-order valence-corrected chi connectivity index (χ3v) is 6.31. The van der Waals surface area contributed by atoms with Crippen molar-refractivity contribution >= 4 is 11.8 Å². The average molecular weight is 439 g/mol. The van der Waals surface area contributed by atoms with E-state index in [1.165, 1.54) is 5.56 Å². The maximum absolute atomic E-state index is 12.5. The van der Waals surface area contributed by atoms with Gasteiger partial charge in [-0.25, -0.2) is 0 Å². The zero-order valence-electron chi connectivity index (χ0n) is 19.1.